The average molecular weight is 687 g/mol. The summed E-state index contributed by atoms with van der Waals surface area (Å²) in [5, 5.41) is 7.52. The number of fused-ring (bicyclic) bond motifs is 7. The first-order valence-corrected chi connectivity index (χ1v) is 18.6. The van der Waals surface area contributed by atoms with Crippen molar-refractivity contribution in [3.8, 4) is 44.8 Å². The number of nitrogens with zero attached hydrogens (tertiary/aromatic N) is 2. The van der Waals surface area contributed by atoms with Crippen LogP contribution in [0.4, 0.5) is 0 Å². The highest BCUT2D eigenvalue weighted by atomic mass is 15.0. The smallest absolute Gasteiger partial charge is 0.0541 e. The molecule has 11 aromatic rings. The molecule has 0 saturated carbocycles. The third-order valence-corrected chi connectivity index (χ3v) is 11.1. The number of benzene rings is 9. The predicted molar refractivity (Wildman–Crippen MR) is 229 cm³/mol. The van der Waals surface area contributed by atoms with Gasteiger partial charge in [0.2, 0.25) is 0 Å². The van der Waals surface area contributed by atoms with Crippen molar-refractivity contribution in [1.82, 2.24) is 9.13 Å². The van der Waals surface area contributed by atoms with Gasteiger partial charge in [-0.05, 0) is 111 Å². The van der Waals surface area contributed by atoms with E-state index in [2.05, 4.69) is 215 Å². The number of para-hydroxylation sites is 3. The lowest BCUT2D eigenvalue weighted by atomic mass is 9.92. The SMILES string of the molecule is c1ccc(-n2c3ccccc3c3cc(-c4ccccc4-c4ccc5c(c4)c4cc(-c6cccc7ccccc67)ccc4n5-c4ccccc4)ccc32)cc1. The molecule has 9 aromatic carbocycles. The number of aromatic nitrogens is 2. The fraction of sp³-hybridized carbons (Fsp3) is 0. The van der Waals surface area contributed by atoms with E-state index < -0.39 is 0 Å². The Morgan fingerprint density at radius 2 is 0.630 bits per heavy atom. The Morgan fingerprint density at radius 3 is 1.20 bits per heavy atom. The Balaban J connectivity index is 1.11. The van der Waals surface area contributed by atoms with Crippen LogP contribution in [0, 0.1) is 0 Å². The number of hydrogen-bond donors (Lipinski definition) is 0. The summed E-state index contributed by atoms with van der Waals surface area (Å²) in [6, 6.07) is 75.2. The van der Waals surface area contributed by atoms with E-state index in [0.717, 1.165) is 5.69 Å². The van der Waals surface area contributed by atoms with Gasteiger partial charge in [-0.2, -0.15) is 0 Å². The zero-order valence-corrected chi connectivity index (χ0v) is 29.5. The molecule has 2 aromatic heterocycles. The van der Waals surface area contributed by atoms with Gasteiger partial charge in [0.15, 0.2) is 0 Å². The molecular weight excluding hydrogens is 653 g/mol. The van der Waals surface area contributed by atoms with Crippen LogP contribution in [0.1, 0.15) is 0 Å². The van der Waals surface area contributed by atoms with Crippen molar-refractivity contribution in [3.63, 3.8) is 0 Å². The van der Waals surface area contributed by atoms with Gasteiger partial charge in [-0.3, -0.25) is 0 Å². The molecule has 0 radical (unpaired) electrons. The monoisotopic (exact) mass is 686 g/mol. The van der Waals surface area contributed by atoms with E-state index in [0.29, 0.717) is 0 Å². The fourth-order valence-corrected chi connectivity index (χ4v) is 8.67. The maximum absolute atomic E-state index is 2.41. The minimum Gasteiger partial charge on any atom is -0.309 e. The van der Waals surface area contributed by atoms with Crippen molar-refractivity contribution < 1.29 is 0 Å². The van der Waals surface area contributed by atoms with E-state index in [-0.39, 0.29) is 0 Å². The second-order valence-electron chi connectivity index (χ2n) is 14.1. The minimum atomic E-state index is 1.16. The first kappa shape index (κ1) is 30.5. The van der Waals surface area contributed by atoms with Crippen LogP contribution in [0.3, 0.4) is 0 Å². The summed E-state index contributed by atoms with van der Waals surface area (Å²) in [5.74, 6) is 0. The van der Waals surface area contributed by atoms with Crippen LogP contribution in [0.25, 0.3) is 99.1 Å². The van der Waals surface area contributed by atoms with Gasteiger partial charge in [0.05, 0.1) is 22.1 Å². The van der Waals surface area contributed by atoms with Gasteiger partial charge in [0.25, 0.3) is 0 Å². The highest BCUT2D eigenvalue weighted by Gasteiger charge is 2.18. The van der Waals surface area contributed by atoms with Crippen LogP contribution in [-0.2, 0) is 0 Å². The highest BCUT2D eigenvalue weighted by molar-refractivity contribution is 6.13. The van der Waals surface area contributed by atoms with E-state index >= 15 is 0 Å². The van der Waals surface area contributed by atoms with E-state index in [1.807, 2.05) is 0 Å². The standard InChI is InChI=1S/C52H34N2/c1-3-16-39(17-4-1)53-49-25-12-11-23-45(49)46-32-36(26-29-50(46)53)42-21-9-10-22-43(42)37-27-30-51-47(33-37)48-34-38(44-24-13-15-35-14-7-8-20-41(35)44)28-31-52(48)54(51)40-18-5-2-6-19-40/h1-34H. The molecule has 0 aliphatic rings. The molecule has 0 amide bonds. The van der Waals surface area contributed by atoms with Crippen molar-refractivity contribution in [2.75, 3.05) is 0 Å². The topological polar surface area (TPSA) is 9.86 Å². The quantitative estimate of drug-likeness (QED) is 0.171. The third-order valence-electron chi connectivity index (χ3n) is 11.1. The first-order valence-electron chi connectivity index (χ1n) is 18.6. The summed E-state index contributed by atoms with van der Waals surface area (Å²) in [6.07, 6.45) is 0. The Hall–Kier alpha value is -7.16. The zero-order chi connectivity index (χ0) is 35.6. The van der Waals surface area contributed by atoms with Crippen LogP contribution >= 0.6 is 0 Å². The zero-order valence-electron chi connectivity index (χ0n) is 29.5. The van der Waals surface area contributed by atoms with Crippen LogP contribution in [0.2, 0.25) is 0 Å². The maximum Gasteiger partial charge on any atom is 0.0541 e. The van der Waals surface area contributed by atoms with Crippen LogP contribution in [-0.4, -0.2) is 9.13 Å². The molecule has 0 unspecified atom stereocenters. The molecule has 11 rings (SSSR count). The molecule has 0 spiro atoms. The summed E-state index contributed by atoms with van der Waals surface area (Å²) < 4.78 is 4.78. The molecule has 0 aliphatic heterocycles. The molecule has 0 aliphatic carbocycles. The van der Waals surface area contributed by atoms with Gasteiger partial charge >= 0.3 is 0 Å². The largest absolute Gasteiger partial charge is 0.309 e. The maximum atomic E-state index is 2.41. The molecule has 2 heterocycles. The predicted octanol–water partition coefficient (Wildman–Crippen LogP) is 14.0. The highest BCUT2D eigenvalue weighted by Crippen LogP contribution is 2.41. The van der Waals surface area contributed by atoms with Crippen LogP contribution in [0.15, 0.2) is 206 Å². The first-order chi connectivity index (χ1) is 26.8. The summed E-state index contributed by atoms with van der Waals surface area (Å²) in [5.41, 5.74) is 14.5. The van der Waals surface area contributed by atoms with Crippen molar-refractivity contribution in [2.24, 2.45) is 0 Å². The van der Waals surface area contributed by atoms with Gasteiger partial charge in [-0.25, -0.2) is 0 Å². The average Bonchev–Trinajstić information content (AvgIpc) is 3.76. The van der Waals surface area contributed by atoms with Gasteiger partial charge in [0, 0.05) is 32.9 Å². The molecule has 0 saturated heterocycles. The number of rotatable bonds is 5. The van der Waals surface area contributed by atoms with Gasteiger partial charge in [-0.15, -0.1) is 0 Å². The normalized spacial score (nSPS) is 11.7. The Bertz CT molecular complexity index is 3200. The summed E-state index contributed by atoms with van der Waals surface area (Å²) in [6.45, 7) is 0. The molecule has 2 heteroatoms. The van der Waals surface area contributed by atoms with Crippen molar-refractivity contribution >= 4 is 54.4 Å². The van der Waals surface area contributed by atoms with Gasteiger partial charge in [-0.1, -0.05) is 140 Å². The number of hydrogen-bond acceptors (Lipinski definition) is 0. The lowest BCUT2D eigenvalue weighted by Gasteiger charge is -2.12. The van der Waals surface area contributed by atoms with Crippen LogP contribution in [0.5, 0.6) is 0 Å². The fourth-order valence-electron chi connectivity index (χ4n) is 8.67. The Kier molecular flexibility index (Phi) is 6.90. The lowest BCUT2D eigenvalue weighted by molar-refractivity contribution is 1.18. The van der Waals surface area contributed by atoms with Crippen molar-refractivity contribution in [3.05, 3.63) is 206 Å². The second-order valence-corrected chi connectivity index (χ2v) is 14.1. The summed E-state index contributed by atoms with van der Waals surface area (Å²) >= 11 is 0. The van der Waals surface area contributed by atoms with Crippen molar-refractivity contribution in [2.45, 2.75) is 0 Å². The third kappa shape index (κ3) is 4.74. The molecule has 0 bridgehead atoms. The minimum absolute atomic E-state index is 1.16. The second kappa shape index (κ2) is 12.2. The molecule has 252 valence electrons. The van der Waals surface area contributed by atoms with Gasteiger partial charge < -0.3 is 9.13 Å². The van der Waals surface area contributed by atoms with Crippen molar-refractivity contribution in [1.29, 1.82) is 0 Å². The van der Waals surface area contributed by atoms with Crippen LogP contribution < -0.4 is 0 Å². The molecule has 0 fully saturated rings. The summed E-state index contributed by atoms with van der Waals surface area (Å²) in [7, 11) is 0. The Labute approximate surface area is 313 Å². The molecule has 0 N–H and O–H groups in total. The lowest BCUT2D eigenvalue weighted by Crippen LogP contribution is -1.93. The van der Waals surface area contributed by atoms with E-state index in [1.165, 1.54) is 93.5 Å². The molecule has 0 atom stereocenters. The molecule has 54 heavy (non-hydrogen) atoms. The van der Waals surface area contributed by atoms with E-state index in [9.17, 15) is 0 Å². The Morgan fingerprint density at radius 1 is 0.241 bits per heavy atom. The molecular formula is C52H34N2. The van der Waals surface area contributed by atoms with Gasteiger partial charge in [0.1, 0.15) is 0 Å². The molecule has 2 nitrogen and oxygen atoms in total. The van der Waals surface area contributed by atoms with E-state index in [4.69, 9.17) is 0 Å². The van der Waals surface area contributed by atoms with E-state index in [1.54, 1.807) is 0 Å². The summed E-state index contributed by atoms with van der Waals surface area (Å²) in [4.78, 5) is 0.